The van der Waals surface area contributed by atoms with Crippen molar-refractivity contribution >= 4 is 33.2 Å². The molecule has 0 fully saturated rings. The van der Waals surface area contributed by atoms with Gasteiger partial charge in [0, 0.05) is 21.6 Å². The molecule has 0 aromatic heterocycles. The molecule has 5 heteroatoms. The zero-order valence-corrected chi connectivity index (χ0v) is 11.6. The highest BCUT2D eigenvalue weighted by atomic mass is 79.9. The summed E-state index contributed by atoms with van der Waals surface area (Å²) in [5.74, 6) is -0.956. The van der Waals surface area contributed by atoms with Gasteiger partial charge in [-0.3, -0.25) is 0 Å². The maximum Gasteiger partial charge on any atom is 0.165 e. The molecule has 2 aromatic carbocycles. The van der Waals surface area contributed by atoms with E-state index in [1.54, 1.807) is 24.3 Å². The van der Waals surface area contributed by atoms with Crippen LogP contribution in [0.2, 0.25) is 5.02 Å². The van der Waals surface area contributed by atoms with Crippen molar-refractivity contribution in [2.75, 3.05) is 5.32 Å². The molecular weight excluding hydrogens is 321 g/mol. The molecule has 0 spiro atoms. The topological polar surface area (TPSA) is 32.3 Å². The van der Waals surface area contributed by atoms with E-state index in [1.807, 2.05) is 6.07 Å². The summed E-state index contributed by atoms with van der Waals surface area (Å²) in [5, 5.41) is 13.2. The number of hydrogen-bond donors (Lipinski definition) is 2. The van der Waals surface area contributed by atoms with Gasteiger partial charge in [-0.05, 0) is 40.2 Å². The summed E-state index contributed by atoms with van der Waals surface area (Å²) in [6.45, 7) is 0.308. The number of nitrogens with one attached hydrogen (secondary N) is 1. The number of hydrogen-bond acceptors (Lipinski definition) is 2. The molecule has 0 unspecified atom stereocenters. The minimum absolute atomic E-state index is 0.308. The first kappa shape index (κ1) is 13.2. The van der Waals surface area contributed by atoms with Crippen LogP contribution in [0.15, 0.2) is 40.9 Å². The van der Waals surface area contributed by atoms with E-state index in [9.17, 15) is 9.50 Å². The monoisotopic (exact) mass is 329 g/mol. The number of anilines is 1. The average Bonchev–Trinajstić information content (AvgIpc) is 2.35. The molecule has 94 valence electrons. The van der Waals surface area contributed by atoms with Crippen LogP contribution in [0.5, 0.6) is 5.75 Å². The zero-order chi connectivity index (χ0) is 13.1. The van der Waals surface area contributed by atoms with Crippen LogP contribution >= 0.6 is 27.5 Å². The van der Waals surface area contributed by atoms with Crippen LogP contribution in [-0.4, -0.2) is 5.11 Å². The SMILES string of the molecule is Oc1c(F)cccc1CNc1cc(Cl)ccc1Br. The van der Waals surface area contributed by atoms with Crippen LogP contribution < -0.4 is 5.32 Å². The minimum atomic E-state index is -0.626. The lowest BCUT2D eigenvalue weighted by Gasteiger charge is -2.10. The second kappa shape index (κ2) is 5.59. The quantitative estimate of drug-likeness (QED) is 0.864. The van der Waals surface area contributed by atoms with Crippen molar-refractivity contribution in [1.29, 1.82) is 0 Å². The summed E-state index contributed by atoms with van der Waals surface area (Å²) < 4.78 is 14.0. The van der Waals surface area contributed by atoms with E-state index in [1.165, 1.54) is 6.07 Å². The molecule has 0 radical (unpaired) electrons. The van der Waals surface area contributed by atoms with E-state index >= 15 is 0 Å². The van der Waals surface area contributed by atoms with E-state index in [-0.39, 0.29) is 5.75 Å². The summed E-state index contributed by atoms with van der Waals surface area (Å²) in [7, 11) is 0. The fraction of sp³-hybridized carbons (Fsp3) is 0.0769. The molecular formula is C13H10BrClFNO. The Morgan fingerprint density at radius 3 is 2.83 bits per heavy atom. The Morgan fingerprint density at radius 1 is 1.28 bits per heavy atom. The number of benzene rings is 2. The van der Waals surface area contributed by atoms with Crippen LogP contribution in [-0.2, 0) is 6.54 Å². The second-order valence-corrected chi connectivity index (χ2v) is 5.02. The van der Waals surface area contributed by atoms with Gasteiger partial charge in [-0.2, -0.15) is 0 Å². The molecule has 0 aliphatic heterocycles. The summed E-state index contributed by atoms with van der Waals surface area (Å²) >= 11 is 9.26. The van der Waals surface area contributed by atoms with Gasteiger partial charge in [-0.15, -0.1) is 0 Å². The van der Waals surface area contributed by atoms with E-state index in [0.717, 1.165) is 10.2 Å². The highest BCUT2D eigenvalue weighted by Gasteiger charge is 2.07. The fourth-order valence-corrected chi connectivity index (χ4v) is 2.08. The third kappa shape index (κ3) is 2.94. The van der Waals surface area contributed by atoms with Crippen molar-refractivity contribution in [2.24, 2.45) is 0 Å². The molecule has 0 atom stereocenters. The van der Waals surface area contributed by atoms with Gasteiger partial charge >= 0.3 is 0 Å². The van der Waals surface area contributed by atoms with Crippen molar-refractivity contribution in [2.45, 2.75) is 6.54 Å². The van der Waals surface area contributed by atoms with Gasteiger partial charge in [0.25, 0.3) is 0 Å². The van der Waals surface area contributed by atoms with E-state index in [2.05, 4.69) is 21.2 Å². The van der Waals surface area contributed by atoms with Crippen molar-refractivity contribution in [3.63, 3.8) is 0 Å². The van der Waals surface area contributed by atoms with E-state index in [0.29, 0.717) is 17.1 Å². The van der Waals surface area contributed by atoms with Gasteiger partial charge in [0.1, 0.15) is 0 Å². The molecule has 0 amide bonds. The lowest BCUT2D eigenvalue weighted by atomic mass is 10.2. The highest BCUT2D eigenvalue weighted by Crippen LogP contribution is 2.27. The van der Waals surface area contributed by atoms with E-state index < -0.39 is 5.82 Å². The predicted molar refractivity (Wildman–Crippen MR) is 74.5 cm³/mol. The van der Waals surface area contributed by atoms with Crippen LogP contribution in [0.1, 0.15) is 5.56 Å². The van der Waals surface area contributed by atoms with Crippen molar-refractivity contribution in [3.05, 3.63) is 57.3 Å². The number of para-hydroxylation sites is 1. The van der Waals surface area contributed by atoms with Gasteiger partial charge in [0.15, 0.2) is 11.6 Å². The molecule has 0 bridgehead atoms. The fourth-order valence-electron chi connectivity index (χ4n) is 1.53. The first-order chi connectivity index (χ1) is 8.58. The second-order valence-electron chi connectivity index (χ2n) is 3.73. The largest absolute Gasteiger partial charge is 0.505 e. The summed E-state index contributed by atoms with van der Waals surface area (Å²) in [4.78, 5) is 0. The Morgan fingerprint density at radius 2 is 2.06 bits per heavy atom. The number of aromatic hydroxyl groups is 1. The van der Waals surface area contributed by atoms with Gasteiger partial charge in [0.05, 0.1) is 5.69 Å². The Bertz CT molecular complexity index is 575. The van der Waals surface area contributed by atoms with Gasteiger partial charge in [-0.25, -0.2) is 4.39 Å². The first-order valence-electron chi connectivity index (χ1n) is 5.23. The molecule has 0 saturated heterocycles. The minimum Gasteiger partial charge on any atom is -0.505 e. The van der Waals surface area contributed by atoms with Crippen LogP contribution in [0.25, 0.3) is 0 Å². The van der Waals surface area contributed by atoms with Crippen molar-refractivity contribution in [3.8, 4) is 5.75 Å². The van der Waals surface area contributed by atoms with Crippen LogP contribution in [0.3, 0.4) is 0 Å². The highest BCUT2D eigenvalue weighted by molar-refractivity contribution is 9.10. The van der Waals surface area contributed by atoms with Crippen molar-refractivity contribution in [1.82, 2.24) is 0 Å². The maximum atomic E-state index is 13.1. The van der Waals surface area contributed by atoms with Crippen LogP contribution in [0, 0.1) is 5.82 Å². The molecule has 18 heavy (non-hydrogen) atoms. The average molecular weight is 331 g/mol. The van der Waals surface area contributed by atoms with Crippen molar-refractivity contribution < 1.29 is 9.50 Å². The number of rotatable bonds is 3. The third-order valence-electron chi connectivity index (χ3n) is 2.47. The molecule has 0 aliphatic carbocycles. The summed E-state index contributed by atoms with van der Waals surface area (Å²) in [5.41, 5.74) is 1.27. The molecule has 0 aliphatic rings. The third-order valence-corrected chi connectivity index (χ3v) is 3.39. The van der Waals surface area contributed by atoms with Gasteiger partial charge in [0.2, 0.25) is 0 Å². The first-order valence-corrected chi connectivity index (χ1v) is 6.40. The standard InChI is InChI=1S/C13H10BrClFNO/c14-10-5-4-9(15)6-12(10)17-7-8-2-1-3-11(16)13(8)18/h1-6,17-18H,7H2. The van der Waals surface area contributed by atoms with E-state index in [4.69, 9.17) is 11.6 Å². The zero-order valence-electron chi connectivity index (χ0n) is 9.25. The maximum absolute atomic E-state index is 13.1. The Labute approximate surface area is 118 Å². The molecule has 2 rings (SSSR count). The number of halogens is 3. The summed E-state index contributed by atoms with van der Waals surface area (Å²) in [6, 6.07) is 9.76. The Kier molecular flexibility index (Phi) is 4.09. The Hall–Kier alpha value is -1.26. The summed E-state index contributed by atoms with van der Waals surface area (Å²) in [6.07, 6.45) is 0. The molecule has 2 aromatic rings. The predicted octanol–water partition coefficient (Wildman–Crippen LogP) is 4.56. The molecule has 2 N–H and O–H groups in total. The van der Waals surface area contributed by atoms with Crippen LogP contribution in [0.4, 0.5) is 10.1 Å². The molecule has 0 heterocycles. The lowest BCUT2D eigenvalue weighted by molar-refractivity contribution is 0.427. The molecule has 2 nitrogen and oxygen atoms in total. The van der Waals surface area contributed by atoms with Gasteiger partial charge in [-0.1, -0.05) is 23.7 Å². The number of phenols is 1. The Balaban J connectivity index is 2.16. The van der Waals surface area contributed by atoms with Gasteiger partial charge < -0.3 is 10.4 Å². The lowest BCUT2D eigenvalue weighted by Crippen LogP contribution is -2.01. The number of phenolic OH excluding ortho intramolecular Hbond substituents is 1. The molecule has 0 saturated carbocycles. The smallest absolute Gasteiger partial charge is 0.165 e. The normalized spacial score (nSPS) is 10.4.